The molecule has 1 fully saturated rings. The van der Waals surface area contributed by atoms with Crippen LogP contribution in [0.3, 0.4) is 0 Å². The number of rotatable bonds is 6. The second-order valence-corrected chi connectivity index (χ2v) is 6.94. The highest BCUT2D eigenvalue weighted by Crippen LogP contribution is 2.30. The molecule has 1 aliphatic rings. The molecule has 3 N–H and O–H groups in total. The van der Waals surface area contributed by atoms with Crippen molar-refractivity contribution in [3.63, 3.8) is 0 Å². The van der Waals surface area contributed by atoms with E-state index < -0.39 is 5.91 Å². The standard InChI is InChI=1S/C21H25N3O3/c1-14(2)27-17-8-5-15(6-9-17)21(26)23-18-13-16(20(22)25)7-10-19(18)24-11-3-4-12-24/h5-10,13-14H,3-4,11-12H2,1-2H3,(H2,22,25)(H,23,26). The number of nitrogens with one attached hydrogen (secondary N) is 1. The van der Waals surface area contributed by atoms with Gasteiger partial charge in [-0.25, -0.2) is 0 Å². The lowest BCUT2D eigenvalue weighted by atomic mass is 10.1. The van der Waals surface area contributed by atoms with Crippen LogP contribution in [0.2, 0.25) is 0 Å². The third-order valence-corrected chi connectivity index (χ3v) is 4.46. The van der Waals surface area contributed by atoms with Gasteiger partial charge in [0.2, 0.25) is 5.91 Å². The van der Waals surface area contributed by atoms with Crippen LogP contribution in [-0.4, -0.2) is 31.0 Å². The van der Waals surface area contributed by atoms with Crippen LogP contribution >= 0.6 is 0 Å². The lowest BCUT2D eigenvalue weighted by Crippen LogP contribution is -2.22. The van der Waals surface area contributed by atoms with Gasteiger partial charge in [0.05, 0.1) is 17.5 Å². The highest BCUT2D eigenvalue weighted by atomic mass is 16.5. The molecule has 27 heavy (non-hydrogen) atoms. The van der Waals surface area contributed by atoms with Gasteiger partial charge < -0.3 is 20.7 Å². The summed E-state index contributed by atoms with van der Waals surface area (Å²) in [4.78, 5) is 26.5. The van der Waals surface area contributed by atoms with Gasteiger partial charge in [0.1, 0.15) is 5.75 Å². The predicted molar refractivity (Wildman–Crippen MR) is 107 cm³/mol. The lowest BCUT2D eigenvalue weighted by molar-refractivity contribution is 0.0996. The number of nitrogens with zero attached hydrogens (tertiary/aromatic N) is 1. The zero-order valence-corrected chi connectivity index (χ0v) is 15.7. The topological polar surface area (TPSA) is 84.7 Å². The van der Waals surface area contributed by atoms with E-state index in [0.29, 0.717) is 16.8 Å². The number of anilines is 2. The first kappa shape index (κ1) is 18.8. The zero-order chi connectivity index (χ0) is 19.4. The average molecular weight is 367 g/mol. The van der Waals surface area contributed by atoms with Crippen molar-refractivity contribution in [2.75, 3.05) is 23.3 Å². The number of amides is 2. The van der Waals surface area contributed by atoms with Crippen LogP contribution in [0.1, 0.15) is 47.4 Å². The maximum Gasteiger partial charge on any atom is 0.255 e. The number of carbonyl (C=O) groups is 2. The summed E-state index contributed by atoms with van der Waals surface area (Å²) in [6, 6.07) is 12.2. The summed E-state index contributed by atoms with van der Waals surface area (Å²) < 4.78 is 5.61. The Labute approximate surface area is 159 Å². The van der Waals surface area contributed by atoms with Crippen LogP contribution in [0.15, 0.2) is 42.5 Å². The molecular weight excluding hydrogens is 342 g/mol. The highest BCUT2D eigenvalue weighted by molar-refractivity contribution is 6.07. The van der Waals surface area contributed by atoms with Crippen molar-refractivity contribution in [3.8, 4) is 5.75 Å². The van der Waals surface area contributed by atoms with E-state index in [2.05, 4.69) is 10.2 Å². The molecule has 0 saturated carbocycles. The second kappa shape index (κ2) is 8.12. The van der Waals surface area contributed by atoms with Crippen LogP contribution in [0.4, 0.5) is 11.4 Å². The molecule has 1 heterocycles. The van der Waals surface area contributed by atoms with Crippen molar-refractivity contribution < 1.29 is 14.3 Å². The van der Waals surface area contributed by atoms with Gasteiger partial charge in [-0.2, -0.15) is 0 Å². The maximum atomic E-state index is 12.7. The van der Waals surface area contributed by atoms with Gasteiger partial charge in [-0.15, -0.1) is 0 Å². The monoisotopic (exact) mass is 367 g/mol. The van der Waals surface area contributed by atoms with E-state index in [1.807, 2.05) is 19.9 Å². The number of ether oxygens (including phenoxy) is 1. The maximum absolute atomic E-state index is 12.7. The molecule has 0 aliphatic carbocycles. The minimum absolute atomic E-state index is 0.0734. The van der Waals surface area contributed by atoms with Crippen LogP contribution in [0.5, 0.6) is 5.75 Å². The minimum atomic E-state index is -0.520. The first-order valence-electron chi connectivity index (χ1n) is 9.21. The average Bonchev–Trinajstić information content (AvgIpc) is 3.16. The molecule has 0 bridgehead atoms. The number of nitrogens with two attached hydrogens (primary N) is 1. The van der Waals surface area contributed by atoms with Crippen molar-refractivity contribution in [2.45, 2.75) is 32.8 Å². The quantitative estimate of drug-likeness (QED) is 0.819. The van der Waals surface area contributed by atoms with Crippen molar-refractivity contribution in [3.05, 3.63) is 53.6 Å². The highest BCUT2D eigenvalue weighted by Gasteiger charge is 2.19. The van der Waals surface area contributed by atoms with Crippen LogP contribution < -0.4 is 20.7 Å². The molecule has 0 radical (unpaired) electrons. The first-order valence-corrected chi connectivity index (χ1v) is 9.21. The molecule has 3 rings (SSSR count). The van der Waals surface area contributed by atoms with E-state index in [4.69, 9.17) is 10.5 Å². The summed E-state index contributed by atoms with van der Waals surface area (Å²) in [7, 11) is 0. The van der Waals surface area contributed by atoms with Gasteiger partial charge in [0.25, 0.3) is 5.91 Å². The summed E-state index contributed by atoms with van der Waals surface area (Å²) in [5.74, 6) is -0.0446. The van der Waals surface area contributed by atoms with Gasteiger partial charge in [-0.05, 0) is 69.2 Å². The Morgan fingerprint density at radius 1 is 1.04 bits per heavy atom. The summed E-state index contributed by atoms with van der Waals surface area (Å²) in [5, 5.41) is 2.93. The van der Waals surface area contributed by atoms with Crippen molar-refractivity contribution in [1.82, 2.24) is 0 Å². The Morgan fingerprint density at radius 2 is 1.67 bits per heavy atom. The Kier molecular flexibility index (Phi) is 5.64. The van der Waals surface area contributed by atoms with E-state index in [1.54, 1.807) is 36.4 Å². The van der Waals surface area contributed by atoms with Gasteiger partial charge in [0, 0.05) is 24.2 Å². The van der Waals surface area contributed by atoms with Gasteiger partial charge in [0.15, 0.2) is 0 Å². The molecule has 0 aromatic heterocycles. The molecular formula is C21H25N3O3. The molecule has 0 spiro atoms. The normalized spacial score (nSPS) is 13.7. The number of benzene rings is 2. The predicted octanol–water partition coefficient (Wildman–Crippen LogP) is 3.43. The lowest BCUT2D eigenvalue weighted by Gasteiger charge is -2.22. The summed E-state index contributed by atoms with van der Waals surface area (Å²) in [5.41, 5.74) is 7.80. The molecule has 1 aliphatic heterocycles. The smallest absolute Gasteiger partial charge is 0.255 e. The molecule has 0 unspecified atom stereocenters. The van der Waals surface area contributed by atoms with Crippen LogP contribution in [-0.2, 0) is 0 Å². The summed E-state index contributed by atoms with van der Waals surface area (Å²) in [6.45, 7) is 5.76. The fraction of sp³-hybridized carbons (Fsp3) is 0.333. The Morgan fingerprint density at radius 3 is 2.26 bits per heavy atom. The minimum Gasteiger partial charge on any atom is -0.491 e. The van der Waals surface area contributed by atoms with Crippen molar-refractivity contribution in [2.24, 2.45) is 5.73 Å². The summed E-state index contributed by atoms with van der Waals surface area (Å²) >= 11 is 0. The van der Waals surface area contributed by atoms with Crippen LogP contribution in [0.25, 0.3) is 0 Å². The molecule has 2 aromatic carbocycles. The molecule has 2 amide bonds. The van der Waals surface area contributed by atoms with E-state index in [0.717, 1.165) is 37.4 Å². The number of carbonyl (C=O) groups excluding carboxylic acids is 2. The molecule has 1 saturated heterocycles. The van der Waals surface area contributed by atoms with E-state index in [-0.39, 0.29) is 12.0 Å². The van der Waals surface area contributed by atoms with Gasteiger partial charge >= 0.3 is 0 Å². The van der Waals surface area contributed by atoms with Crippen LogP contribution in [0, 0.1) is 0 Å². The molecule has 6 nitrogen and oxygen atoms in total. The molecule has 0 atom stereocenters. The van der Waals surface area contributed by atoms with E-state index >= 15 is 0 Å². The Bertz CT molecular complexity index is 825. The van der Waals surface area contributed by atoms with Gasteiger partial charge in [-0.1, -0.05) is 0 Å². The molecule has 142 valence electrons. The van der Waals surface area contributed by atoms with E-state index in [1.165, 1.54) is 0 Å². The third kappa shape index (κ3) is 4.58. The number of hydrogen-bond acceptors (Lipinski definition) is 4. The van der Waals surface area contributed by atoms with E-state index in [9.17, 15) is 9.59 Å². The molecule has 2 aromatic rings. The number of primary amides is 1. The molecule has 6 heteroatoms. The Hall–Kier alpha value is -3.02. The fourth-order valence-electron chi connectivity index (χ4n) is 3.17. The largest absolute Gasteiger partial charge is 0.491 e. The third-order valence-electron chi connectivity index (χ3n) is 4.46. The SMILES string of the molecule is CC(C)Oc1ccc(C(=O)Nc2cc(C(N)=O)ccc2N2CCCC2)cc1. The number of hydrogen-bond donors (Lipinski definition) is 2. The first-order chi connectivity index (χ1) is 12.9. The Balaban J connectivity index is 1.83. The second-order valence-electron chi connectivity index (χ2n) is 6.94. The fourth-order valence-corrected chi connectivity index (χ4v) is 3.17. The van der Waals surface area contributed by atoms with Crippen molar-refractivity contribution >= 4 is 23.2 Å². The van der Waals surface area contributed by atoms with Gasteiger partial charge in [-0.3, -0.25) is 9.59 Å². The summed E-state index contributed by atoms with van der Waals surface area (Å²) in [6.07, 6.45) is 2.30. The van der Waals surface area contributed by atoms with Crippen molar-refractivity contribution in [1.29, 1.82) is 0 Å². The zero-order valence-electron chi connectivity index (χ0n) is 15.7.